The smallest absolute Gasteiger partial charge is 0.308 e. The number of anilines is 1. The molecule has 0 bridgehead atoms. The highest BCUT2D eigenvalue weighted by Gasteiger charge is 2.11. The molecule has 2 aromatic rings. The predicted octanol–water partition coefficient (Wildman–Crippen LogP) is 2.38. The minimum atomic E-state index is -0.425. The molecule has 22 heavy (non-hydrogen) atoms. The Kier molecular flexibility index (Phi) is 5.24. The largest absolute Gasteiger partial charge is 0.427 e. The molecule has 7 heteroatoms. The van der Waals surface area contributed by atoms with E-state index in [1.54, 1.807) is 18.2 Å². The molecular weight excluding hydrogens is 302 g/mol. The van der Waals surface area contributed by atoms with Crippen molar-refractivity contribution in [2.24, 2.45) is 0 Å². The number of carbonyl (C=O) groups is 2. The summed E-state index contributed by atoms with van der Waals surface area (Å²) in [5.41, 5.74) is 1.31. The van der Waals surface area contributed by atoms with Crippen LogP contribution in [0.4, 0.5) is 5.13 Å². The van der Waals surface area contributed by atoms with Gasteiger partial charge in [-0.15, -0.1) is 11.3 Å². The second-order valence-corrected chi connectivity index (χ2v) is 5.82. The average Bonchev–Trinajstić information content (AvgIpc) is 2.84. The van der Waals surface area contributed by atoms with E-state index in [1.807, 2.05) is 24.4 Å². The van der Waals surface area contributed by atoms with Gasteiger partial charge in [0.2, 0.25) is 0 Å². The second-order valence-electron chi connectivity index (χ2n) is 4.96. The standard InChI is InChI=1S/C15H17N3O3S/c1-10(19)21-13-6-4-5-11(7-13)14(20)17-15-16-12(9-22-15)8-18(2)3/h4-7,9H,8H2,1-3H3,(H,16,17,20). The maximum Gasteiger partial charge on any atom is 0.308 e. The molecule has 0 saturated carbocycles. The highest BCUT2D eigenvalue weighted by atomic mass is 32.1. The van der Waals surface area contributed by atoms with Gasteiger partial charge in [-0.05, 0) is 32.3 Å². The first-order valence-electron chi connectivity index (χ1n) is 6.63. The molecule has 116 valence electrons. The van der Waals surface area contributed by atoms with Crippen molar-refractivity contribution >= 4 is 28.3 Å². The lowest BCUT2D eigenvalue weighted by Gasteiger charge is -2.06. The molecule has 0 aliphatic heterocycles. The molecule has 0 spiro atoms. The topological polar surface area (TPSA) is 71.5 Å². The zero-order valence-corrected chi connectivity index (χ0v) is 13.4. The lowest BCUT2D eigenvalue weighted by Crippen LogP contribution is -2.13. The van der Waals surface area contributed by atoms with Gasteiger partial charge in [-0.1, -0.05) is 6.07 Å². The third-order valence-electron chi connectivity index (χ3n) is 2.61. The number of carbonyl (C=O) groups excluding carboxylic acids is 2. The second kappa shape index (κ2) is 7.15. The number of ether oxygens (including phenoxy) is 1. The first-order chi connectivity index (χ1) is 10.4. The molecule has 1 heterocycles. The quantitative estimate of drug-likeness (QED) is 0.677. The van der Waals surface area contributed by atoms with Crippen molar-refractivity contribution in [1.82, 2.24) is 9.88 Å². The summed E-state index contributed by atoms with van der Waals surface area (Å²) in [7, 11) is 3.91. The van der Waals surface area contributed by atoms with E-state index < -0.39 is 5.97 Å². The molecular formula is C15H17N3O3S. The van der Waals surface area contributed by atoms with Crippen molar-refractivity contribution < 1.29 is 14.3 Å². The monoisotopic (exact) mass is 319 g/mol. The van der Waals surface area contributed by atoms with Crippen LogP contribution in [0.1, 0.15) is 23.0 Å². The van der Waals surface area contributed by atoms with Crippen molar-refractivity contribution in [1.29, 1.82) is 0 Å². The van der Waals surface area contributed by atoms with Crippen LogP contribution in [0.15, 0.2) is 29.6 Å². The van der Waals surface area contributed by atoms with Gasteiger partial charge < -0.3 is 9.64 Å². The molecule has 0 unspecified atom stereocenters. The summed E-state index contributed by atoms with van der Waals surface area (Å²) in [6, 6.07) is 6.45. The Morgan fingerprint density at radius 2 is 2.14 bits per heavy atom. The Hall–Kier alpha value is -2.25. The minimum absolute atomic E-state index is 0.292. The van der Waals surface area contributed by atoms with Crippen molar-refractivity contribution in [3.05, 3.63) is 40.9 Å². The van der Waals surface area contributed by atoms with Gasteiger partial charge in [0.25, 0.3) is 5.91 Å². The molecule has 1 N–H and O–H groups in total. The van der Waals surface area contributed by atoms with Crippen molar-refractivity contribution in [2.45, 2.75) is 13.5 Å². The molecule has 0 saturated heterocycles. The zero-order valence-electron chi connectivity index (χ0n) is 12.6. The van der Waals surface area contributed by atoms with Gasteiger partial charge in [0, 0.05) is 24.4 Å². The number of aromatic nitrogens is 1. The summed E-state index contributed by atoms with van der Waals surface area (Å²) in [6.45, 7) is 2.03. The molecule has 0 aliphatic rings. The molecule has 1 amide bonds. The van der Waals surface area contributed by atoms with Crippen LogP contribution in [0, 0.1) is 0 Å². The number of nitrogens with one attached hydrogen (secondary N) is 1. The summed E-state index contributed by atoms with van der Waals surface area (Å²) in [4.78, 5) is 29.5. The average molecular weight is 319 g/mol. The molecule has 0 atom stereocenters. The first kappa shape index (κ1) is 16.1. The van der Waals surface area contributed by atoms with Gasteiger partial charge in [0.1, 0.15) is 5.75 Å². The van der Waals surface area contributed by atoms with E-state index in [4.69, 9.17) is 4.74 Å². The lowest BCUT2D eigenvalue weighted by atomic mass is 10.2. The summed E-state index contributed by atoms with van der Waals surface area (Å²) in [5, 5.41) is 5.19. The fourth-order valence-electron chi connectivity index (χ4n) is 1.80. The van der Waals surface area contributed by atoms with Crippen LogP contribution in [-0.2, 0) is 11.3 Å². The number of amides is 1. The van der Waals surface area contributed by atoms with Gasteiger partial charge in [0.15, 0.2) is 5.13 Å². The minimum Gasteiger partial charge on any atom is -0.427 e. The zero-order chi connectivity index (χ0) is 16.1. The van der Waals surface area contributed by atoms with Crippen LogP contribution in [0.2, 0.25) is 0 Å². The Bertz CT molecular complexity index is 682. The van der Waals surface area contributed by atoms with E-state index in [0.29, 0.717) is 23.0 Å². The van der Waals surface area contributed by atoms with Crippen LogP contribution >= 0.6 is 11.3 Å². The molecule has 0 aliphatic carbocycles. The number of thiazole rings is 1. The van der Waals surface area contributed by atoms with Gasteiger partial charge in [-0.25, -0.2) is 4.98 Å². The van der Waals surface area contributed by atoms with Crippen LogP contribution in [-0.4, -0.2) is 35.9 Å². The van der Waals surface area contributed by atoms with Gasteiger partial charge >= 0.3 is 5.97 Å². The molecule has 2 rings (SSSR count). The van der Waals surface area contributed by atoms with E-state index in [0.717, 1.165) is 5.69 Å². The Balaban J connectivity index is 2.05. The third kappa shape index (κ3) is 4.64. The number of hydrogen-bond acceptors (Lipinski definition) is 6. The molecule has 0 radical (unpaired) electrons. The summed E-state index contributed by atoms with van der Waals surface area (Å²) in [6.07, 6.45) is 0. The number of benzene rings is 1. The predicted molar refractivity (Wildman–Crippen MR) is 85.2 cm³/mol. The van der Waals surface area contributed by atoms with E-state index in [1.165, 1.54) is 24.3 Å². The molecule has 1 aromatic heterocycles. The molecule has 1 aromatic carbocycles. The van der Waals surface area contributed by atoms with Crippen LogP contribution < -0.4 is 10.1 Å². The number of esters is 1. The van der Waals surface area contributed by atoms with Crippen molar-refractivity contribution in [3.63, 3.8) is 0 Å². The highest BCUT2D eigenvalue weighted by molar-refractivity contribution is 7.13. The third-order valence-corrected chi connectivity index (χ3v) is 3.41. The normalized spacial score (nSPS) is 10.5. The maximum atomic E-state index is 12.2. The number of rotatable bonds is 5. The van der Waals surface area contributed by atoms with E-state index >= 15 is 0 Å². The fraction of sp³-hybridized carbons (Fsp3) is 0.267. The molecule has 0 fully saturated rings. The highest BCUT2D eigenvalue weighted by Crippen LogP contribution is 2.19. The fourth-order valence-corrected chi connectivity index (χ4v) is 2.49. The first-order valence-corrected chi connectivity index (χ1v) is 7.51. The van der Waals surface area contributed by atoms with E-state index in [9.17, 15) is 9.59 Å². The van der Waals surface area contributed by atoms with Crippen LogP contribution in [0.25, 0.3) is 0 Å². The van der Waals surface area contributed by atoms with Gasteiger partial charge in [-0.2, -0.15) is 0 Å². The van der Waals surface area contributed by atoms with Crippen molar-refractivity contribution in [2.75, 3.05) is 19.4 Å². The Morgan fingerprint density at radius 1 is 1.36 bits per heavy atom. The van der Waals surface area contributed by atoms with Crippen LogP contribution in [0.5, 0.6) is 5.75 Å². The summed E-state index contributed by atoms with van der Waals surface area (Å²) in [5.74, 6) is -0.377. The number of hydrogen-bond donors (Lipinski definition) is 1. The van der Waals surface area contributed by atoms with E-state index in [-0.39, 0.29) is 5.91 Å². The summed E-state index contributed by atoms with van der Waals surface area (Å²) < 4.78 is 4.97. The molecule has 6 nitrogen and oxygen atoms in total. The number of nitrogens with zero attached hydrogens (tertiary/aromatic N) is 2. The summed E-state index contributed by atoms with van der Waals surface area (Å²) >= 11 is 1.37. The lowest BCUT2D eigenvalue weighted by molar-refractivity contribution is -0.131. The SMILES string of the molecule is CC(=O)Oc1cccc(C(=O)Nc2nc(CN(C)C)cs2)c1. The van der Waals surface area contributed by atoms with Crippen molar-refractivity contribution in [3.8, 4) is 5.75 Å². The van der Waals surface area contributed by atoms with Crippen LogP contribution in [0.3, 0.4) is 0 Å². The Morgan fingerprint density at radius 3 is 2.82 bits per heavy atom. The Labute approximate surface area is 132 Å². The van der Waals surface area contributed by atoms with Gasteiger partial charge in [-0.3, -0.25) is 14.9 Å². The maximum absolute atomic E-state index is 12.2. The van der Waals surface area contributed by atoms with Gasteiger partial charge in [0.05, 0.1) is 5.69 Å². The van der Waals surface area contributed by atoms with E-state index in [2.05, 4.69) is 10.3 Å².